The monoisotopic (exact) mass is 305 g/mol. The molecule has 1 heterocycles. The van der Waals surface area contributed by atoms with Gasteiger partial charge < -0.3 is 5.32 Å². The molecule has 0 saturated heterocycles. The maximum atomic E-state index is 11.9. The van der Waals surface area contributed by atoms with Crippen molar-refractivity contribution in [1.29, 1.82) is 0 Å². The van der Waals surface area contributed by atoms with Crippen LogP contribution in [0.25, 0.3) is 0 Å². The van der Waals surface area contributed by atoms with Crippen molar-refractivity contribution in [3.63, 3.8) is 0 Å². The highest BCUT2D eigenvalue weighted by Gasteiger charge is 2.11. The minimum absolute atomic E-state index is 0.0806. The van der Waals surface area contributed by atoms with E-state index in [-0.39, 0.29) is 24.5 Å². The maximum Gasteiger partial charge on any atom is 0.225 e. The highest BCUT2D eigenvalue weighted by Crippen LogP contribution is 2.13. The number of nitrogens with zero attached hydrogens (tertiary/aromatic N) is 2. The van der Waals surface area contributed by atoms with Gasteiger partial charge in [0.15, 0.2) is 5.78 Å². The van der Waals surface area contributed by atoms with Gasteiger partial charge in [0.2, 0.25) is 5.91 Å². The predicted octanol–water partition coefficient (Wildman–Crippen LogP) is 2.98. The van der Waals surface area contributed by atoms with Gasteiger partial charge in [-0.15, -0.1) is 0 Å². The van der Waals surface area contributed by atoms with E-state index in [0.717, 1.165) is 5.69 Å². The quantitative estimate of drug-likeness (QED) is 0.864. The van der Waals surface area contributed by atoms with Crippen molar-refractivity contribution in [2.24, 2.45) is 7.05 Å². The van der Waals surface area contributed by atoms with E-state index in [4.69, 9.17) is 11.6 Å². The number of carbonyl (C=O) groups is 2. The minimum atomic E-state index is -0.208. The summed E-state index contributed by atoms with van der Waals surface area (Å²) in [6.07, 6.45) is 0.288. The fourth-order valence-electron chi connectivity index (χ4n) is 1.94. The lowest BCUT2D eigenvalue weighted by Gasteiger charge is -2.05. The minimum Gasteiger partial charge on any atom is -0.311 e. The largest absolute Gasteiger partial charge is 0.311 e. The molecule has 0 fully saturated rings. The molecule has 0 radical (unpaired) electrons. The molecule has 1 aromatic heterocycles. The number of rotatable bonds is 5. The Labute approximate surface area is 127 Å². The van der Waals surface area contributed by atoms with E-state index in [2.05, 4.69) is 10.4 Å². The van der Waals surface area contributed by atoms with E-state index >= 15 is 0 Å². The molecule has 0 saturated carbocycles. The number of benzene rings is 1. The average Bonchev–Trinajstić information content (AvgIpc) is 2.75. The van der Waals surface area contributed by atoms with Gasteiger partial charge >= 0.3 is 0 Å². The summed E-state index contributed by atoms with van der Waals surface area (Å²) in [5.74, 6) is 0.333. The number of aryl methyl sites for hydroxylation is 2. The molecule has 0 bridgehead atoms. The number of amides is 1. The van der Waals surface area contributed by atoms with Crippen LogP contribution in [0.5, 0.6) is 0 Å². The summed E-state index contributed by atoms with van der Waals surface area (Å²) in [5.41, 5.74) is 1.38. The molecule has 2 aromatic rings. The number of Topliss-reactive ketones (excluding diaryl/α,β-unsaturated/α-hetero) is 1. The second-order valence-corrected chi connectivity index (χ2v) is 5.21. The van der Waals surface area contributed by atoms with E-state index in [9.17, 15) is 9.59 Å². The SMILES string of the molecule is Cc1cc(NC(=O)CCC(=O)c2ccc(Cl)cc2)n(C)n1. The third-order valence-electron chi connectivity index (χ3n) is 3.01. The van der Waals surface area contributed by atoms with Crippen LogP contribution in [0.2, 0.25) is 5.02 Å². The number of halogens is 1. The number of hydrogen-bond acceptors (Lipinski definition) is 3. The molecule has 1 aromatic carbocycles. The van der Waals surface area contributed by atoms with Gasteiger partial charge in [-0.1, -0.05) is 11.6 Å². The number of aromatic nitrogens is 2. The second kappa shape index (κ2) is 6.54. The first-order valence-corrected chi connectivity index (χ1v) is 6.93. The molecule has 0 atom stereocenters. The zero-order chi connectivity index (χ0) is 15.4. The summed E-state index contributed by atoms with van der Waals surface area (Å²) >= 11 is 5.77. The van der Waals surface area contributed by atoms with Crippen molar-refractivity contribution in [1.82, 2.24) is 9.78 Å². The first kappa shape index (κ1) is 15.3. The zero-order valence-electron chi connectivity index (χ0n) is 11.9. The standard InChI is InChI=1S/C15H16ClN3O2/c1-10-9-14(19(2)18-10)17-15(21)8-7-13(20)11-3-5-12(16)6-4-11/h3-6,9H,7-8H2,1-2H3,(H,17,21). The average molecular weight is 306 g/mol. The molecule has 0 aliphatic carbocycles. The lowest BCUT2D eigenvalue weighted by molar-refractivity contribution is -0.116. The van der Waals surface area contributed by atoms with Crippen LogP contribution < -0.4 is 5.32 Å². The topological polar surface area (TPSA) is 64.0 Å². The fraction of sp³-hybridized carbons (Fsp3) is 0.267. The van der Waals surface area contributed by atoms with Crippen molar-refractivity contribution in [2.75, 3.05) is 5.32 Å². The van der Waals surface area contributed by atoms with Gasteiger partial charge in [0.05, 0.1) is 5.69 Å². The van der Waals surface area contributed by atoms with Crippen LogP contribution in [-0.4, -0.2) is 21.5 Å². The van der Waals surface area contributed by atoms with Crippen LogP contribution in [0.4, 0.5) is 5.82 Å². The van der Waals surface area contributed by atoms with E-state index < -0.39 is 0 Å². The van der Waals surface area contributed by atoms with Crippen LogP contribution >= 0.6 is 11.6 Å². The summed E-state index contributed by atoms with van der Waals surface area (Å²) in [4.78, 5) is 23.8. The van der Waals surface area contributed by atoms with Crippen LogP contribution in [0.3, 0.4) is 0 Å². The van der Waals surface area contributed by atoms with Crippen molar-refractivity contribution in [2.45, 2.75) is 19.8 Å². The lowest BCUT2D eigenvalue weighted by atomic mass is 10.1. The number of ketones is 1. The van der Waals surface area contributed by atoms with Crippen molar-refractivity contribution < 1.29 is 9.59 Å². The molecular weight excluding hydrogens is 290 g/mol. The van der Waals surface area contributed by atoms with Gasteiger partial charge in [0.1, 0.15) is 5.82 Å². The molecule has 0 spiro atoms. The second-order valence-electron chi connectivity index (χ2n) is 4.77. The van der Waals surface area contributed by atoms with Crippen LogP contribution in [0.15, 0.2) is 30.3 Å². The fourth-order valence-corrected chi connectivity index (χ4v) is 2.07. The molecule has 5 nitrogen and oxygen atoms in total. The highest BCUT2D eigenvalue weighted by atomic mass is 35.5. The predicted molar refractivity (Wildman–Crippen MR) is 81.6 cm³/mol. The Kier molecular flexibility index (Phi) is 4.75. The summed E-state index contributed by atoms with van der Waals surface area (Å²) in [7, 11) is 1.75. The number of anilines is 1. The van der Waals surface area contributed by atoms with Gasteiger partial charge in [-0.3, -0.25) is 14.3 Å². The zero-order valence-corrected chi connectivity index (χ0v) is 12.6. The van der Waals surface area contributed by atoms with Gasteiger partial charge in [-0.25, -0.2) is 0 Å². The van der Waals surface area contributed by atoms with E-state index in [0.29, 0.717) is 16.4 Å². The van der Waals surface area contributed by atoms with Crippen molar-refractivity contribution in [3.8, 4) is 0 Å². The Balaban J connectivity index is 1.87. The van der Waals surface area contributed by atoms with Crippen molar-refractivity contribution >= 4 is 29.1 Å². The highest BCUT2D eigenvalue weighted by molar-refractivity contribution is 6.30. The number of carbonyl (C=O) groups excluding carboxylic acids is 2. The van der Waals surface area contributed by atoms with Gasteiger partial charge in [0, 0.05) is 36.5 Å². The Bertz CT molecular complexity index is 662. The van der Waals surface area contributed by atoms with Gasteiger partial charge in [0.25, 0.3) is 0 Å². The molecule has 1 amide bonds. The summed E-state index contributed by atoms with van der Waals surface area (Å²) in [5, 5.41) is 7.45. The molecule has 0 aliphatic rings. The van der Waals surface area contributed by atoms with E-state index in [1.54, 1.807) is 42.1 Å². The summed E-state index contributed by atoms with van der Waals surface area (Å²) < 4.78 is 1.59. The van der Waals surface area contributed by atoms with Crippen molar-refractivity contribution in [3.05, 3.63) is 46.6 Å². The Morgan fingerprint density at radius 2 is 1.90 bits per heavy atom. The van der Waals surface area contributed by atoms with Crippen LogP contribution in [-0.2, 0) is 11.8 Å². The molecule has 2 rings (SSSR count). The number of nitrogens with one attached hydrogen (secondary N) is 1. The smallest absolute Gasteiger partial charge is 0.225 e. The first-order valence-electron chi connectivity index (χ1n) is 6.55. The Morgan fingerprint density at radius 3 is 2.48 bits per heavy atom. The third-order valence-corrected chi connectivity index (χ3v) is 3.27. The first-order chi connectivity index (χ1) is 9.95. The van der Waals surface area contributed by atoms with Gasteiger partial charge in [-0.05, 0) is 31.2 Å². The molecule has 0 aliphatic heterocycles. The molecule has 1 N–H and O–H groups in total. The Hall–Kier alpha value is -2.14. The van der Waals surface area contributed by atoms with Crippen LogP contribution in [0, 0.1) is 6.92 Å². The van der Waals surface area contributed by atoms with Crippen LogP contribution in [0.1, 0.15) is 28.9 Å². The van der Waals surface area contributed by atoms with Gasteiger partial charge in [-0.2, -0.15) is 5.10 Å². The normalized spacial score (nSPS) is 10.4. The summed E-state index contributed by atoms with van der Waals surface area (Å²) in [6, 6.07) is 8.42. The third kappa shape index (κ3) is 4.16. The Morgan fingerprint density at radius 1 is 1.24 bits per heavy atom. The molecule has 0 unspecified atom stereocenters. The van der Waals surface area contributed by atoms with E-state index in [1.807, 2.05) is 6.92 Å². The van der Waals surface area contributed by atoms with E-state index in [1.165, 1.54) is 0 Å². The number of hydrogen-bond donors (Lipinski definition) is 1. The lowest BCUT2D eigenvalue weighted by Crippen LogP contribution is -2.15. The molecule has 6 heteroatoms. The maximum absolute atomic E-state index is 11.9. The molecule has 21 heavy (non-hydrogen) atoms. The summed E-state index contributed by atoms with van der Waals surface area (Å²) in [6.45, 7) is 1.85. The molecular formula is C15H16ClN3O2. The molecule has 110 valence electrons.